The van der Waals surface area contributed by atoms with Gasteiger partial charge in [-0.3, -0.25) is 4.79 Å². The van der Waals surface area contributed by atoms with E-state index in [1.54, 1.807) is 12.1 Å². The normalized spacial score (nSPS) is 10.2. The van der Waals surface area contributed by atoms with E-state index in [2.05, 4.69) is 5.32 Å². The Balaban J connectivity index is 2.63. The molecule has 0 saturated heterocycles. The summed E-state index contributed by atoms with van der Waals surface area (Å²) in [7, 11) is 0. The number of anilines is 1. The van der Waals surface area contributed by atoms with Gasteiger partial charge in [0.15, 0.2) is 0 Å². The van der Waals surface area contributed by atoms with Crippen molar-refractivity contribution in [2.75, 3.05) is 5.32 Å². The molecular weight excluding hydrogens is 207 g/mol. The molecule has 0 heterocycles. The van der Waals surface area contributed by atoms with E-state index in [-0.39, 0.29) is 18.3 Å². The van der Waals surface area contributed by atoms with Crippen LogP contribution in [0.3, 0.4) is 0 Å². The van der Waals surface area contributed by atoms with Crippen molar-refractivity contribution in [1.82, 2.24) is 0 Å². The van der Waals surface area contributed by atoms with Gasteiger partial charge in [-0.2, -0.15) is 0 Å². The van der Waals surface area contributed by atoms with E-state index in [0.29, 0.717) is 17.7 Å². The highest BCUT2D eigenvalue weighted by Crippen LogP contribution is 2.14. The summed E-state index contributed by atoms with van der Waals surface area (Å²) in [6, 6.07) is 4.43. The van der Waals surface area contributed by atoms with Gasteiger partial charge in [-0.25, -0.2) is 4.39 Å². The van der Waals surface area contributed by atoms with Crippen LogP contribution in [0.25, 0.3) is 0 Å². The lowest BCUT2D eigenvalue weighted by Crippen LogP contribution is -2.11. The first kappa shape index (κ1) is 12.6. The van der Waals surface area contributed by atoms with Gasteiger partial charge >= 0.3 is 0 Å². The van der Waals surface area contributed by atoms with Crippen molar-refractivity contribution in [3.63, 3.8) is 0 Å². The number of hydrogen-bond acceptors (Lipinski definition) is 2. The molecule has 3 N–H and O–H groups in total. The second kappa shape index (κ2) is 6.23. The Hall–Kier alpha value is -1.42. The van der Waals surface area contributed by atoms with E-state index < -0.39 is 0 Å². The molecule has 3 nitrogen and oxygen atoms in total. The molecule has 0 spiro atoms. The molecule has 0 aliphatic heterocycles. The van der Waals surface area contributed by atoms with Crippen molar-refractivity contribution in [3.05, 3.63) is 29.6 Å². The largest absolute Gasteiger partial charge is 0.326 e. The van der Waals surface area contributed by atoms with Gasteiger partial charge in [0.25, 0.3) is 0 Å². The molecule has 0 radical (unpaired) electrons. The molecule has 0 aliphatic carbocycles. The molecule has 4 heteroatoms. The van der Waals surface area contributed by atoms with Gasteiger partial charge in [0.05, 0.1) is 0 Å². The zero-order valence-electron chi connectivity index (χ0n) is 9.42. The van der Waals surface area contributed by atoms with E-state index in [1.807, 2.05) is 6.92 Å². The fourth-order valence-corrected chi connectivity index (χ4v) is 1.37. The lowest BCUT2D eigenvalue weighted by atomic mass is 10.2. The Bertz CT molecular complexity index is 366. The summed E-state index contributed by atoms with van der Waals surface area (Å²) in [6.07, 6.45) is 2.33. The molecule has 0 unspecified atom stereocenters. The van der Waals surface area contributed by atoms with Gasteiger partial charge < -0.3 is 11.1 Å². The fourth-order valence-electron chi connectivity index (χ4n) is 1.37. The van der Waals surface area contributed by atoms with Crippen LogP contribution in [0.2, 0.25) is 0 Å². The highest BCUT2D eigenvalue weighted by atomic mass is 19.1. The number of nitrogens with one attached hydrogen (secondary N) is 1. The number of halogens is 1. The first-order chi connectivity index (χ1) is 7.67. The summed E-state index contributed by atoms with van der Waals surface area (Å²) in [5.41, 5.74) is 6.39. The average molecular weight is 224 g/mol. The van der Waals surface area contributed by atoms with Crippen molar-refractivity contribution in [2.45, 2.75) is 32.7 Å². The van der Waals surface area contributed by atoms with Crippen LogP contribution in [-0.2, 0) is 11.3 Å². The predicted molar refractivity (Wildman–Crippen MR) is 62.4 cm³/mol. The van der Waals surface area contributed by atoms with Gasteiger partial charge in [-0.1, -0.05) is 13.3 Å². The van der Waals surface area contributed by atoms with Gasteiger partial charge in [0.1, 0.15) is 5.82 Å². The molecule has 0 atom stereocenters. The Morgan fingerprint density at radius 1 is 1.50 bits per heavy atom. The van der Waals surface area contributed by atoms with Crippen LogP contribution in [0.15, 0.2) is 18.2 Å². The molecule has 1 aromatic rings. The molecule has 0 bridgehead atoms. The van der Waals surface area contributed by atoms with Crippen molar-refractivity contribution < 1.29 is 9.18 Å². The number of unbranched alkanes of at least 4 members (excludes halogenated alkanes) is 1. The van der Waals surface area contributed by atoms with E-state index in [0.717, 1.165) is 12.8 Å². The molecular formula is C12H17FN2O. The van der Waals surface area contributed by atoms with Crippen molar-refractivity contribution in [2.24, 2.45) is 5.73 Å². The third-order valence-corrected chi connectivity index (χ3v) is 2.31. The van der Waals surface area contributed by atoms with Gasteiger partial charge in [0, 0.05) is 24.2 Å². The quantitative estimate of drug-likeness (QED) is 0.807. The molecule has 0 fully saturated rings. The van der Waals surface area contributed by atoms with Crippen molar-refractivity contribution in [1.29, 1.82) is 0 Å². The molecule has 1 rings (SSSR count). The summed E-state index contributed by atoms with van der Waals surface area (Å²) < 4.78 is 13.1. The maximum Gasteiger partial charge on any atom is 0.224 e. The molecule has 0 aliphatic rings. The maximum atomic E-state index is 13.1. The zero-order chi connectivity index (χ0) is 12.0. The number of hydrogen-bond donors (Lipinski definition) is 2. The lowest BCUT2D eigenvalue weighted by Gasteiger charge is -2.07. The van der Waals surface area contributed by atoms with Crippen LogP contribution in [0.1, 0.15) is 31.7 Å². The second-order valence-corrected chi connectivity index (χ2v) is 3.66. The highest BCUT2D eigenvalue weighted by molar-refractivity contribution is 5.90. The predicted octanol–water partition coefficient (Wildman–Crippen LogP) is 2.41. The summed E-state index contributed by atoms with van der Waals surface area (Å²) in [5.74, 6) is -0.384. The van der Waals surface area contributed by atoms with Gasteiger partial charge in [-0.15, -0.1) is 0 Å². The van der Waals surface area contributed by atoms with E-state index in [4.69, 9.17) is 5.73 Å². The van der Waals surface area contributed by atoms with Crippen LogP contribution in [0.5, 0.6) is 0 Å². The second-order valence-electron chi connectivity index (χ2n) is 3.66. The Kier molecular flexibility index (Phi) is 4.92. The Morgan fingerprint density at radius 3 is 2.88 bits per heavy atom. The summed E-state index contributed by atoms with van der Waals surface area (Å²) >= 11 is 0. The summed E-state index contributed by atoms with van der Waals surface area (Å²) in [4.78, 5) is 11.4. The summed E-state index contributed by atoms with van der Waals surface area (Å²) in [5, 5.41) is 2.72. The van der Waals surface area contributed by atoms with Crippen LogP contribution < -0.4 is 11.1 Å². The highest BCUT2D eigenvalue weighted by Gasteiger charge is 2.05. The first-order valence-corrected chi connectivity index (χ1v) is 5.45. The van der Waals surface area contributed by atoms with Crippen LogP contribution in [0, 0.1) is 5.82 Å². The summed E-state index contributed by atoms with van der Waals surface area (Å²) in [6.45, 7) is 2.15. The number of amides is 1. The number of benzene rings is 1. The molecule has 16 heavy (non-hydrogen) atoms. The smallest absolute Gasteiger partial charge is 0.224 e. The van der Waals surface area contributed by atoms with Crippen LogP contribution in [0.4, 0.5) is 10.1 Å². The minimum atomic E-state index is -0.339. The zero-order valence-corrected chi connectivity index (χ0v) is 9.42. The van der Waals surface area contributed by atoms with Gasteiger partial charge in [-0.05, 0) is 24.6 Å². The number of carbonyl (C=O) groups excluding carboxylic acids is 1. The molecule has 1 amide bonds. The maximum absolute atomic E-state index is 13.1. The Labute approximate surface area is 94.8 Å². The van der Waals surface area contributed by atoms with E-state index in [9.17, 15) is 9.18 Å². The third-order valence-electron chi connectivity index (χ3n) is 2.31. The minimum absolute atomic E-state index is 0.0450. The van der Waals surface area contributed by atoms with Crippen molar-refractivity contribution in [3.8, 4) is 0 Å². The molecule has 1 aromatic carbocycles. The third kappa shape index (κ3) is 3.62. The van der Waals surface area contributed by atoms with Gasteiger partial charge in [0.2, 0.25) is 5.91 Å². The number of rotatable bonds is 5. The standard InChI is InChI=1S/C12H17FN2O/c1-2-3-4-12(16)15-10-5-6-11(13)9(7-10)8-14/h5-7H,2-4,8,14H2,1H3,(H,15,16). The minimum Gasteiger partial charge on any atom is -0.326 e. The lowest BCUT2D eigenvalue weighted by molar-refractivity contribution is -0.116. The molecule has 0 saturated carbocycles. The van der Waals surface area contributed by atoms with Crippen LogP contribution >= 0.6 is 0 Å². The first-order valence-electron chi connectivity index (χ1n) is 5.45. The van der Waals surface area contributed by atoms with E-state index in [1.165, 1.54) is 6.07 Å². The fraction of sp³-hybridized carbons (Fsp3) is 0.417. The number of nitrogens with two attached hydrogens (primary N) is 1. The SMILES string of the molecule is CCCCC(=O)Nc1ccc(F)c(CN)c1. The molecule has 0 aromatic heterocycles. The Morgan fingerprint density at radius 2 is 2.25 bits per heavy atom. The average Bonchev–Trinajstić information content (AvgIpc) is 2.29. The van der Waals surface area contributed by atoms with Crippen LogP contribution in [-0.4, -0.2) is 5.91 Å². The van der Waals surface area contributed by atoms with Crippen molar-refractivity contribution >= 4 is 11.6 Å². The monoisotopic (exact) mass is 224 g/mol. The van der Waals surface area contributed by atoms with E-state index >= 15 is 0 Å². The topological polar surface area (TPSA) is 55.1 Å². The molecule has 88 valence electrons. The number of carbonyl (C=O) groups is 1.